The van der Waals surface area contributed by atoms with E-state index in [-0.39, 0.29) is 11.1 Å². The van der Waals surface area contributed by atoms with E-state index in [1.165, 1.54) is 19.1 Å². The summed E-state index contributed by atoms with van der Waals surface area (Å²) < 4.78 is 0. The highest BCUT2D eigenvalue weighted by Crippen LogP contribution is 2.11. The van der Waals surface area contributed by atoms with Crippen LogP contribution in [-0.2, 0) is 16.0 Å². The average molecular weight is 274 g/mol. The van der Waals surface area contributed by atoms with Gasteiger partial charge in [-0.05, 0) is 31.7 Å². The maximum atomic E-state index is 11.1. The second-order valence-electron chi connectivity index (χ2n) is 4.49. The van der Waals surface area contributed by atoms with Crippen LogP contribution in [0.25, 0.3) is 0 Å². The lowest BCUT2D eigenvalue weighted by Crippen LogP contribution is -2.02. The van der Waals surface area contributed by atoms with E-state index in [2.05, 4.69) is 0 Å². The highest BCUT2D eigenvalue weighted by Gasteiger charge is 2.07. The van der Waals surface area contributed by atoms with Crippen LogP contribution in [-0.4, -0.2) is 22.2 Å². The molecule has 0 fully saturated rings. The van der Waals surface area contributed by atoms with E-state index in [9.17, 15) is 9.59 Å². The first-order valence-corrected chi connectivity index (χ1v) is 6.38. The maximum absolute atomic E-state index is 11.1. The van der Waals surface area contributed by atoms with Gasteiger partial charge >= 0.3 is 11.9 Å². The van der Waals surface area contributed by atoms with Gasteiger partial charge in [-0.1, -0.05) is 42.5 Å². The second-order valence-corrected chi connectivity index (χ2v) is 4.49. The van der Waals surface area contributed by atoms with Crippen molar-refractivity contribution in [1.82, 2.24) is 0 Å². The zero-order valence-electron chi connectivity index (χ0n) is 11.4. The fraction of sp³-hybridized carbons (Fsp3) is 0.250. The van der Waals surface area contributed by atoms with Crippen LogP contribution in [0.3, 0.4) is 0 Å². The van der Waals surface area contributed by atoms with Gasteiger partial charge in [-0.3, -0.25) is 0 Å². The summed E-state index contributed by atoms with van der Waals surface area (Å²) in [6.45, 7) is 1.43. The molecule has 0 aliphatic carbocycles. The van der Waals surface area contributed by atoms with Gasteiger partial charge in [-0.15, -0.1) is 0 Å². The molecule has 0 saturated heterocycles. The van der Waals surface area contributed by atoms with Crippen molar-refractivity contribution < 1.29 is 19.8 Å². The topological polar surface area (TPSA) is 74.6 Å². The number of benzene rings is 1. The lowest BCUT2D eigenvalue weighted by molar-refractivity contribution is -0.133. The number of hydrogen-bond donors (Lipinski definition) is 2. The van der Waals surface area contributed by atoms with Gasteiger partial charge in [0, 0.05) is 11.1 Å². The predicted molar refractivity (Wildman–Crippen MR) is 76.5 cm³/mol. The number of carboxylic acids is 2. The number of aliphatic carboxylic acids is 2. The third kappa shape index (κ3) is 5.52. The van der Waals surface area contributed by atoms with Crippen molar-refractivity contribution in [3.63, 3.8) is 0 Å². The Hall–Kier alpha value is -2.36. The van der Waals surface area contributed by atoms with Gasteiger partial charge in [-0.2, -0.15) is 0 Å². The number of allylic oxidation sites excluding steroid dienone is 2. The first-order chi connectivity index (χ1) is 9.50. The zero-order valence-corrected chi connectivity index (χ0v) is 11.4. The summed E-state index contributed by atoms with van der Waals surface area (Å²) >= 11 is 0. The smallest absolute Gasteiger partial charge is 0.331 e. The van der Waals surface area contributed by atoms with Crippen molar-refractivity contribution in [2.75, 3.05) is 0 Å². The van der Waals surface area contributed by atoms with E-state index >= 15 is 0 Å². The molecule has 0 aromatic heterocycles. The van der Waals surface area contributed by atoms with Crippen LogP contribution >= 0.6 is 0 Å². The first kappa shape index (κ1) is 15.7. The Kier molecular flexibility index (Phi) is 6.23. The largest absolute Gasteiger partial charge is 0.478 e. The molecule has 0 amide bonds. The molecular formula is C16H18O4. The maximum Gasteiger partial charge on any atom is 0.331 e. The van der Waals surface area contributed by atoms with Gasteiger partial charge in [0.25, 0.3) is 0 Å². The van der Waals surface area contributed by atoms with Crippen molar-refractivity contribution >= 4 is 11.9 Å². The SMILES string of the molecule is CC(=CC=C(CCCc1ccccc1)C(=O)O)C(=O)O. The molecule has 4 heteroatoms. The zero-order chi connectivity index (χ0) is 15.0. The summed E-state index contributed by atoms with van der Waals surface area (Å²) in [6.07, 6.45) is 4.62. The fourth-order valence-electron chi connectivity index (χ4n) is 1.69. The van der Waals surface area contributed by atoms with Crippen molar-refractivity contribution in [1.29, 1.82) is 0 Å². The van der Waals surface area contributed by atoms with E-state index in [1.54, 1.807) is 0 Å². The molecule has 0 bridgehead atoms. The Labute approximate surface area is 118 Å². The molecule has 1 aromatic rings. The highest BCUT2D eigenvalue weighted by molar-refractivity contribution is 5.89. The van der Waals surface area contributed by atoms with Crippen LogP contribution < -0.4 is 0 Å². The Bertz CT molecular complexity index is 527. The van der Waals surface area contributed by atoms with Gasteiger partial charge in [0.05, 0.1) is 0 Å². The number of aryl methyl sites for hydroxylation is 1. The molecule has 0 radical (unpaired) electrons. The Morgan fingerprint density at radius 1 is 1.05 bits per heavy atom. The van der Waals surface area contributed by atoms with Crippen LogP contribution in [0.15, 0.2) is 53.6 Å². The highest BCUT2D eigenvalue weighted by atomic mass is 16.4. The van der Waals surface area contributed by atoms with Crippen molar-refractivity contribution in [3.8, 4) is 0 Å². The normalized spacial score (nSPS) is 12.2. The van der Waals surface area contributed by atoms with Crippen molar-refractivity contribution in [2.45, 2.75) is 26.2 Å². The van der Waals surface area contributed by atoms with E-state index < -0.39 is 11.9 Å². The van der Waals surface area contributed by atoms with Gasteiger partial charge in [-0.25, -0.2) is 9.59 Å². The number of carbonyl (C=O) groups is 2. The standard InChI is InChI=1S/C16H18O4/c1-12(15(17)18)10-11-14(16(19)20)9-5-8-13-6-3-2-4-7-13/h2-4,6-7,10-11H,5,8-9H2,1H3,(H,17,18)(H,19,20). The number of rotatable bonds is 7. The average Bonchev–Trinajstić information content (AvgIpc) is 2.42. The van der Waals surface area contributed by atoms with Crippen molar-refractivity contribution in [3.05, 3.63) is 59.2 Å². The van der Waals surface area contributed by atoms with Gasteiger partial charge < -0.3 is 10.2 Å². The van der Waals surface area contributed by atoms with E-state index in [1.807, 2.05) is 30.3 Å². The fourth-order valence-corrected chi connectivity index (χ4v) is 1.69. The molecule has 0 aliphatic heterocycles. The van der Waals surface area contributed by atoms with E-state index in [0.717, 1.165) is 12.0 Å². The summed E-state index contributed by atoms with van der Waals surface area (Å²) in [5, 5.41) is 17.8. The monoisotopic (exact) mass is 274 g/mol. The quantitative estimate of drug-likeness (QED) is 0.592. The number of carboxylic acid groups (broad SMARTS) is 2. The molecule has 106 valence electrons. The molecule has 0 atom stereocenters. The van der Waals surface area contributed by atoms with Crippen LogP contribution in [0.1, 0.15) is 25.3 Å². The third-order valence-corrected chi connectivity index (χ3v) is 2.90. The Balaban J connectivity index is 2.60. The molecule has 2 N–H and O–H groups in total. The molecule has 20 heavy (non-hydrogen) atoms. The molecular weight excluding hydrogens is 256 g/mol. The summed E-state index contributed by atoms with van der Waals surface area (Å²) in [7, 11) is 0. The van der Waals surface area contributed by atoms with E-state index in [4.69, 9.17) is 10.2 Å². The molecule has 4 nitrogen and oxygen atoms in total. The minimum Gasteiger partial charge on any atom is -0.478 e. The molecule has 0 unspecified atom stereocenters. The lowest BCUT2D eigenvalue weighted by atomic mass is 10.0. The number of hydrogen-bond acceptors (Lipinski definition) is 2. The Morgan fingerprint density at radius 2 is 1.70 bits per heavy atom. The molecule has 0 saturated carbocycles. The van der Waals surface area contributed by atoms with Gasteiger partial charge in [0.2, 0.25) is 0 Å². The van der Waals surface area contributed by atoms with E-state index in [0.29, 0.717) is 12.8 Å². The minimum atomic E-state index is -1.05. The van der Waals surface area contributed by atoms with Crippen LogP contribution in [0.5, 0.6) is 0 Å². The van der Waals surface area contributed by atoms with Gasteiger partial charge in [0.15, 0.2) is 0 Å². The first-order valence-electron chi connectivity index (χ1n) is 6.38. The third-order valence-electron chi connectivity index (χ3n) is 2.90. The molecule has 0 spiro atoms. The summed E-state index contributed by atoms with van der Waals surface area (Å²) in [4.78, 5) is 21.7. The molecule has 0 aliphatic rings. The predicted octanol–water partition coefficient (Wildman–Crippen LogP) is 3.05. The second kappa shape index (κ2) is 7.94. The van der Waals surface area contributed by atoms with Crippen LogP contribution in [0.4, 0.5) is 0 Å². The summed E-state index contributed by atoms with van der Waals surface area (Å²) in [6, 6.07) is 9.83. The molecule has 1 aromatic carbocycles. The van der Waals surface area contributed by atoms with Crippen LogP contribution in [0.2, 0.25) is 0 Å². The Morgan fingerprint density at radius 3 is 2.25 bits per heavy atom. The summed E-state index contributed by atoms with van der Waals surface area (Å²) in [5.41, 5.74) is 1.50. The van der Waals surface area contributed by atoms with Crippen molar-refractivity contribution in [2.24, 2.45) is 0 Å². The minimum absolute atomic E-state index is 0.117. The van der Waals surface area contributed by atoms with Crippen LogP contribution in [0, 0.1) is 0 Å². The molecule has 1 rings (SSSR count). The summed E-state index contributed by atoms with van der Waals surface area (Å²) in [5.74, 6) is -2.05. The lowest BCUT2D eigenvalue weighted by Gasteiger charge is -2.02. The molecule has 0 heterocycles. The van der Waals surface area contributed by atoms with Gasteiger partial charge in [0.1, 0.15) is 0 Å².